The Morgan fingerprint density at radius 2 is 2.40 bits per heavy atom. The van der Waals surface area contributed by atoms with Crippen molar-refractivity contribution >= 4 is 5.97 Å². The molecule has 0 amide bonds. The van der Waals surface area contributed by atoms with Crippen LogP contribution < -0.4 is 0 Å². The van der Waals surface area contributed by atoms with Gasteiger partial charge in [0.2, 0.25) is 0 Å². The highest BCUT2D eigenvalue weighted by Crippen LogP contribution is 1.92. The van der Waals surface area contributed by atoms with Crippen molar-refractivity contribution in [1.82, 2.24) is 0 Å². The van der Waals surface area contributed by atoms with Crippen LogP contribution in [0, 0.1) is 0 Å². The Labute approximate surface area is 61.9 Å². The molecule has 0 atom stereocenters. The van der Waals surface area contributed by atoms with Crippen LogP contribution in [0.1, 0.15) is 26.2 Å². The summed E-state index contributed by atoms with van der Waals surface area (Å²) in [7, 11) is 0. The summed E-state index contributed by atoms with van der Waals surface area (Å²) in [6.45, 7) is 5.94. The second-order valence-electron chi connectivity index (χ2n) is 2.05. The van der Waals surface area contributed by atoms with Crippen LogP contribution >= 0.6 is 0 Å². The average molecular weight is 142 g/mol. The molecular formula is C8H14O2. The zero-order valence-electron chi connectivity index (χ0n) is 6.43. The number of carbonyl (C=O) groups is 1. The van der Waals surface area contributed by atoms with Gasteiger partial charge in [0.25, 0.3) is 0 Å². The molecule has 0 aromatic rings. The Hall–Kier alpha value is -0.790. The van der Waals surface area contributed by atoms with Crippen LogP contribution in [0.15, 0.2) is 12.7 Å². The molecule has 0 bridgehead atoms. The van der Waals surface area contributed by atoms with Gasteiger partial charge in [0.1, 0.15) is 0 Å². The van der Waals surface area contributed by atoms with Crippen molar-refractivity contribution in [3.05, 3.63) is 12.7 Å². The summed E-state index contributed by atoms with van der Waals surface area (Å²) in [5.74, 6) is -0.107. The fourth-order valence-electron chi connectivity index (χ4n) is 0.532. The second-order valence-corrected chi connectivity index (χ2v) is 2.05. The van der Waals surface area contributed by atoms with Gasteiger partial charge in [-0.25, -0.2) is 0 Å². The lowest BCUT2D eigenvalue weighted by atomic mass is 10.3. The minimum absolute atomic E-state index is 0.107. The Morgan fingerprint density at radius 3 is 2.90 bits per heavy atom. The summed E-state index contributed by atoms with van der Waals surface area (Å²) >= 11 is 0. The molecule has 0 heterocycles. The van der Waals surface area contributed by atoms with Gasteiger partial charge in [-0.15, -0.1) is 6.58 Å². The first-order valence-corrected chi connectivity index (χ1v) is 3.57. The first-order valence-electron chi connectivity index (χ1n) is 3.57. The van der Waals surface area contributed by atoms with Gasteiger partial charge in [-0.1, -0.05) is 13.0 Å². The lowest BCUT2D eigenvalue weighted by molar-refractivity contribution is -0.143. The number of rotatable bonds is 5. The fourth-order valence-corrected chi connectivity index (χ4v) is 0.532. The van der Waals surface area contributed by atoms with Crippen LogP contribution in [0.5, 0.6) is 0 Å². The standard InChI is InChI=1S/C8H14O2/c1-3-5-7-10-8(9)6-4-2/h3H,1,4-7H2,2H3. The number of carbonyl (C=O) groups excluding carboxylic acids is 1. The van der Waals surface area contributed by atoms with Crippen molar-refractivity contribution in [2.45, 2.75) is 26.2 Å². The Kier molecular flexibility index (Phi) is 5.83. The third-order valence-corrected chi connectivity index (χ3v) is 1.04. The van der Waals surface area contributed by atoms with Gasteiger partial charge in [-0.05, 0) is 12.8 Å². The third-order valence-electron chi connectivity index (χ3n) is 1.04. The van der Waals surface area contributed by atoms with E-state index >= 15 is 0 Å². The molecule has 0 N–H and O–H groups in total. The largest absolute Gasteiger partial charge is 0.465 e. The van der Waals surface area contributed by atoms with Gasteiger partial charge in [0.15, 0.2) is 0 Å². The van der Waals surface area contributed by atoms with E-state index in [9.17, 15) is 4.79 Å². The van der Waals surface area contributed by atoms with E-state index in [0.717, 1.165) is 12.8 Å². The third kappa shape index (κ3) is 5.35. The van der Waals surface area contributed by atoms with Crippen LogP contribution in [-0.4, -0.2) is 12.6 Å². The van der Waals surface area contributed by atoms with E-state index in [0.29, 0.717) is 13.0 Å². The number of hydrogen-bond acceptors (Lipinski definition) is 2. The van der Waals surface area contributed by atoms with E-state index in [1.54, 1.807) is 6.08 Å². The van der Waals surface area contributed by atoms with Crippen LogP contribution in [0.3, 0.4) is 0 Å². The highest BCUT2D eigenvalue weighted by molar-refractivity contribution is 5.69. The molecule has 0 aliphatic carbocycles. The molecule has 2 nitrogen and oxygen atoms in total. The summed E-state index contributed by atoms with van der Waals surface area (Å²) in [5, 5.41) is 0. The van der Waals surface area contributed by atoms with E-state index in [-0.39, 0.29) is 5.97 Å². The Bertz CT molecular complexity index is 108. The summed E-state index contributed by atoms with van der Waals surface area (Å²) in [6.07, 6.45) is 3.86. The van der Waals surface area contributed by atoms with Gasteiger partial charge in [0, 0.05) is 6.42 Å². The van der Waals surface area contributed by atoms with E-state index in [1.807, 2.05) is 6.92 Å². The molecule has 0 rings (SSSR count). The van der Waals surface area contributed by atoms with Gasteiger partial charge >= 0.3 is 5.97 Å². The van der Waals surface area contributed by atoms with Gasteiger partial charge < -0.3 is 4.74 Å². The Morgan fingerprint density at radius 1 is 1.70 bits per heavy atom. The van der Waals surface area contributed by atoms with Crippen LogP contribution in [0.25, 0.3) is 0 Å². The molecule has 0 saturated carbocycles. The predicted octanol–water partition coefficient (Wildman–Crippen LogP) is 1.91. The zero-order valence-corrected chi connectivity index (χ0v) is 6.43. The molecule has 0 saturated heterocycles. The molecule has 10 heavy (non-hydrogen) atoms. The second kappa shape index (κ2) is 6.33. The summed E-state index contributed by atoms with van der Waals surface area (Å²) in [4.78, 5) is 10.7. The van der Waals surface area contributed by atoms with E-state index in [2.05, 4.69) is 6.58 Å². The maximum atomic E-state index is 10.7. The maximum absolute atomic E-state index is 10.7. The number of ether oxygens (including phenoxy) is 1. The minimum Gasteiger partial charge on any atom is -0.465 e. The molecule has 0 aliphatic heterocycles. The smallest absolute Gasteiger partial charge is 0.305 e. The van der Waals surface area contributed by atoms with E-state index in [4.69, 9.17) is 4.74 Å². The summed E-state index contributed by atoms with van der Waals surface area (Å²) < 4.78 is 4.81. The minimum atomic E-state index is -0.107. The molecule has 0 radical (unpaired) electrons. The average Bonchev–Trinajstić information content (AvgIpc) is 1.89. The van der Waals surface area contributed by atoms with Crippen molar-refractivity contribution in [2.75, 3.05) is 6.61 Å². The van der Waals surface area contributed by atoms with Crippen molar-refractivity contribution < 1.29 is 9.53 Å². The molecule has 0 aromatic heterocycles. The summed E-state index contributed by atoms with van der Waals surface area (Å²) in [5.41, 5.74) is 0. The lowest BCUT2D eigenvalue weighted by Gasteiger charge is -1.99. The fraction of sp³-hybridized carbons (Fsp3) is 0.625. The number of esters is 1. The first kappa shape index (κ1) is 9.21. The van der Waals surface area contributed by atoms with Gasteiger partial charge in [-0.2, -0.15) is 0 Å². The van der Waals surface area contributed by atoms with Crippen LogP contribution in [0.4, 0.5) is 0 Å². The van der Waals surface area contributed by atoms with E-state index in [1.165, 1.54) is 0 Å². The molecule has 0 aromatic carbocycles. The molecule has 0 spiro atoms. The van der Waals surface area contributed by atoms with Gasteiger partial charge in [-0.3, -0.25) is 4.79 Å². The monoisotopic (exact) mass is 142 g/mol. The van der Waals surface area contributed by atoms with Crippen molar-refractivity contribution in [3.63, 3.8) is 0 Å². The molecule has 0 fully saturated rings. The van der Waals surface area contributed by atoms with E-state index < -0.39 is 0 Å². The zero-order chi connectivity index (χ0) is 7.82. The summed E-state index contributed by atoms with van der Waals surface area (Å²) in [6, 6.07) is 0. The van der Waals surface area contributed by atoms with Crippen LogP contribution in [-0.2, 0) is 9.53 Å². The SMILES string of the molecule is C=CCCOC(=O)CCC. The molecular weight excluding hydrogens is 128 g/mol. The van der Waals surface area contributed by atoms with Gasteiger partial charge in [0.05, 0.1) is 6.61 Å². The maximum Gasteiger partial charge on any atom is 0.305 e. The van der Waals surface area contributed by atoms with Crippen molar-refractivity contribution in [2.24, 2.45) is 0 Å². The van der Waals surface area contributed by atoms with Crippen molar-refractivity contribution in [1.29, 1.82) is 0 Å². The molecule has 58 valence electrons. The highest BCUT2D eigenvalue weighted by Gasteiger charge is 1.97. The molecule has 0 aliphatic rings. The lowest BCUT2D eigenvalue weighted by Crippen LogP contribution is -2.03. The first-order chi connectivity index (χ1) is 4.81. The molecule has 0 unspecified atom stereocenters. The topological polar surface area (TPSA) is 26.3 Å². The predicted molar refractivity (Wildman–Crippen MR) is 40.7 cm³/mol. The highest BCUT2D eigenvalue weighted by atomic mass is 16.5. The Balaban J connectivity index is 3.13. The van der Waals surface area contributed by atoms with Crippen LogP contribution in [0.2, 0.25) is 0 Å². The quantitative estimate of drug-likeness (QED) is 0.333. The normalized spacial score (nSPS) is 8.90. The number of hydrogen-bond donors (Lipinski definition) is 0. The van der Waals surface area contributed by atoms with Crippen molar-refractivity contribution in [3.8, 4) is 0 Å². The molecule has 2 heteroatoms.